The summed E-state index contributed by atoms with van der Waals surface area (Å²) in [6.07, 6.45) is 0. The van der Waals surface area contributed by atoms with Gasteiger partial charge in [0.25, 0.3) is 0 Å². The molecule has 1 aromatic carbocycles. The van der Waals surface area contributed by atoms with Crippen LogP contribution in [0, 0.1) is 0 Å². The number of hydrogen-bond donors (Lipinski definition) is 0. The van der Waals surface area contributed by atoms with E-state index in [2.05, 4.69) is 25.9 Å². The van der Waals surface area contributed by atoms with Crippen LogP contribution < -0.4 is 0 Å². The third-order valence-corrected chi connectivity index (χ3v) is 1.81. The number of Topliss-reactive ketones (excluding diaryl/α,β-unsaturated/α-hetero) is 1. The number of rotatable bonds is 2. The molecule has 0 heterocycles. The Morgan fingerprint density at radius 2 is 1.60 bits per heavy atom. The standard InChI is InChI=1S/C8H8O.C4H11N.V/c1-7(9)8-5-3-2-4-6-8;1-4-5(2)3;/h2-6H,1H3;4H2,1-3H3;. The molecule has 0 amide bonds. The van der Waals surface area contributed by atoms with E-state index in [-0.39, 0.29) is 24.3 Å². The van der Waals surface area contributed by atoms with Crippen LogP contribution in [0.1, 0.15) is 24.2 Å². The smallest absolute Gasteiger partial charge is 0.159 e. The van der Waals surface area contributed by atoms with Gasteiger partial charge in [-0.25, -0.2) is 0 Å². The van der Waals surface area contributed by atoms with E-state index >= 15 is 0 Å². The van der Waals surface area contributed by atoms with Crippen LogP contribution in [0.5, 0.6) is 0 Å². The molecule has 1 aromatic rings. The van der Waals surface area contributed by atoms with Crippen molar-refractivity contribution in [3.63, 3.8) is 0 Å². The predicted octanol–water partition coefficient (Wildman–Crippen LogP) is 2.45. The second-order valence-electron chi connectivity index (χ2n) is 3.32. The third kappa shape index (κ3) is 9.73. The van der Waals surface area contributed by atoms with Gasteiger partial charge in [-0.1, -0.05) is 37.3 Å². The van der Waals surface area contributed by atoms with Crippen LogP contribution >= 0.6 is 0 Å². The van der Waals surface area contributed by atoms with Crippen molar-refractivity contribution in [3.8, 4) is 0 Å². The predicted molar refractivity (Wildman–Crippen MR) is 60.7 cm³/mol. The molecule has 0 aliphatic carbocycles. The van der Waals surface area contributed by atoms with Crippen molar-refractivity contribution in [1.82, 2.24) is 4.90 Å². The monoisotopic (exact) mass is 244 g/mol. The first-order valence-corrected chi connectivity index (χ1v) is 4.78. The molecule has 1 rings (SSSR count). The quantitative estimate of drug-likeness (QED) is 0.745. The van der Waals surface area contributed by atoms with Gasteiger partial charge in [0.1, 0.15) is 0 Å². The van der Waals surface area contributed by atoms with E-state index in [1.165, 1.54) is 0 Å². The molecule has 0 atom stereocenters. The van der Waals surface area contributed by atoms with Gasteiger partial charge in [-0.15, -0.1) is 0 Å². The summed E-state index contributed by atoms with van der Waals surface area (Å²) in [4.78, 5) is 12.8. The zero-order chi connectivity index (χ0) is 11.0. The molecule has 0 aliphatic heterocycles. The van der Waals surface area contributed by atoms with Gasteiger partial charge >= 0.3 is 0 Å². The van der Waals surface area contributed by atoms with Gasteiger partial charge in [0, 0.05) is 24.1 Å². The van der Waals surface area contributed by atoms with E-state index in [1.54, 1.807) is 6.92 Å². The minimum absolute atomic E-state index is 0. The Labute approximate surface area is 105 Å². The first-order chi connectivity index (χ1) is 6.57. The minimum Gasteiger partial charge on any atom is -0.310 e. The van der Waals surface area contributed by atoms with Gasteiger partial charge in [0.15, 0.2) is 5.78 Å². The van der Waals surface area contributed by atoms with E-state index in [9.17, 15) is 4.79 Å². The fourth-order valence-electron chi connectivity index (χ4n) is 0.673. The van der Waals surface area contributed by atoms with Gasteiger partial charge < -0.3 is 4.90 Å². The Morgan fingerprint density at radius 3 is 1.80 bits per heavy atom. The topological polar surface area (TPSA) is 20.3 Å². The SMILES string of the molecule is CC(=O)c1ccccc1.CCN(C)C.[V]. The molecule has 0 fully saturated rings. The molecule has 0 aromatic heterocycles. The maximum Gasteiger partial charge on any atom is 0.159 e. The molecule has 0 aliphatic rings. The molecule has 0 spiro atoms. The number of carbonyl (C=O) groups is 1. The van der Waals surface area contributed by atoms with Gasteiger partial charge in [-0.3, -0.25) is 4.79 Å². The van der Waals surface area contributed by atoms with Crippen LogP contribution in [0.15, 0.2) is 30.3 Å². The summed E-state index contributed by atoms with van der Waals surface area (Å²) >= 11 is 0. The van der Waals surface area contributed by atoms with Crippen LogP contribution in [0.3, 0.4) is 0 Å². The number of ketones is 1. The Balaban J connectivity index is 0. The summed E-state index contributed by atoms with van der Waals surface area (Å²) in [6, 6.07) is 9.23. The summed E-state index contributed by atoms with van der Waals surface area (Å²) in [5.41, 5.74) is 0.775. The van der Waals surface area contributed by atoms with E-state index in [1.807, 2.05) is 30.3 Å². The Morgan fingerprint density at radius 1 is 1.20 bits per heavy atom. The molecule has 15 heavy (non-hydrogen) atoms. The molecule has 0 unspecified atom stereocenters. The molecule has 3 heteroatoms. The van der Waals surface area contributed by atoms with E-state index < -0.39 is 0 Å². The molecular weight excluding hydrogens is 225 g/mol. The van der Waals surface area contributed by atoms with Crippen molar-refractivity contribution in [1.29, 1.82) is 0 Å². The molecule has 83 valence electrons. The van der Waals surface area contributed by atoms with Gasteiger partial charge in [-0.2, -0.15) is 0 Å². The molecule has 0 N–H and O–H groups in total. The second kappa shape index (κ2) is 9.97. The number of carbonyl (C=O) groups excluding carboxylic acids is 1. The average molecular weight is 244 g/mol. The second-order valence-corrected chi connectivity index (χ2v) is 3.32. The average Bonchev–Trinajstić information content (AvgIpc) is 2.20. The fraction of sp³-hybridized carbons (Fsp3) is 0.417. The number of nitrogens with zero attached hydrogens (tertiary/aromatic N) is 1. The molecule has 1 radical (unpaired) electrons. The summed E-state index contributed by atoms with van der Waals surface area (Å²) < 4.78 is 0. The maximum absolute atomic E-state index is 10.6. The normalized spacial score (nSPS) is 8.60. The molecule has 0 bridgehead atoms. The molecule has 2 nitrogen and oxygen atoms in total. The Kier molecular flexibility index (Phi) is 11.2. The maximum atomic E-state index is 10.6. The van der Waals surface area contributed by atoms with Crippen molar-refractivity contribution in [2.75, 3.05) is 20.6 Å². The zero-order valence-electron chi connectivity index (χ0n) is 9.90. The van der Waals surface area contributed by atoms with E-state index in [0.29, 0.717) is 0 Å². The molecule has 0 saturated heterocycles. The fourth-order valence-corrected chi connectivity index (χ4v) is 0.673. The van der Waals surface area contributed by atoms with Crippen molar-refractivity contribution in [2.45, 2.75) is 13.8 Å². The van der Waals surface area contributed by atoms with Gasteiger partial charge in [-0.05, 0) is 27.6 Å². The van der Waals surface area contributed by atoms with Crippen LogP contribution in [0.2, 0.25) is 0 Å². The first-order valence-electron chi connectivity index (χ1n) is 4.78. The van der Waals surface area contributed by atoms with Crippen molar-refractivity contribution in [3.05, 3.63) is 35.9 Å². The van der Waals surface area contributed by atoms with Crippen LogP contribution in [0.4, 0.5) is 0 Å². The third-order valence-electron chi connectivity index (χ3n) is 1.81. The minimum atomic E-state index is 0. The van der Waals surface area contributed by atoms with Crippen LogP contribution in [0.25, 0.3) is 0 Å². The molecular formula is C12H19NOV. The van der Waals surface area contributed by atoms with E-state index in [4.69, 9.17) is 0 Å². The van der Waals surface area contributed by atoms with Gasteiger partial charge in [0.05, 0.1) is 0 Å². The molecule has 0 saturated carbocycles. The summed E-state index contributed by atoms with van der Waals surface area (Å²) in [7, 11) is 4.11. The zero-order valence-corrected chi connectivity index (χ0v) is 11.3. The summed E-state index contributed by atoms with van der Waals surface area (Å²) in [6.45, 7) is 4.83. The van der Waals surface area contributed by atoms with Crippen LogP contribution in [-0.4, -0.2) is 31.3 Å². The van der Waals surface area contributed by atoms with Gasteiger partial charge in [0.2, 0.25) is 0 Å². The summed E-state index contributed by atoms with van der Waals surface area (Å²) in [5.74, 6) is 0.121. The van der Waals surface area contributed by atoms with Crippen molar-refractivity contribution >= 4 is 5.78 Å². The number of benzene rings is 1. The summed E-state index contributed by atoms with van der Waals surface area (Å²) in [5, 5.41) is 0. The first kappa shape index (κ1) is 16.8. The largest absolute Gasteiger partial charge is 0.310 e. The van der Waals surface area contributed by atoms with Crippen LogP contribution in [-0.2, 0) is 18.6 Å². The van der Waals surface area contributed by atoms with Crippen molar-refractivity contribution < 1.29 is 23.4 Å². The van der Waals surface area contributed by atoms with Crippen molar-refractivity contribution in [2.24, 2.45) is 0 Å². The van der Waals surface area contributed by atoms with E-state index in [0.717, 1.165) is 12.1 Å². The Bertz CT molecular complexity index is 260. The Hall–Kier alpha value is -0.566. The number of hydrogen-bond acceptors (Lipinski definition) is 2.